The summed E-state index contributed by atoms with van der Waals surface area (Å²) in [6.45, 7) is -0.345. The molecule has 0 spiro atoms. The van der Waals surface area contributed by atoms with Gasteiger partial charge in [0.15, 0.2) is 0 Å². The third-order valence-electron chi connectivity index (χ3n) is 4.73. The predicted octanol–water partition coefficient (Wildman–Crippen LogP) is 5.27. The zero-order valence-corrected chi connectivity index (χ0v) is 16.8. The van der Waals surface area contributed by atoms with Crippen molar-refractivity contribution in [2.75, 3.05) is 27.2 Å². The van der Waals surface area contributed by atoms with Gasteiger partial charge in [0.1, 0.15) is 10.8 Å². The minimum Gasteiger partial charge on any atom is -0.688 e. The third kappa shape index (κ3) is 5.07. The third-order valence-corrected chi connectivity index (χ3v) is 5.82. The Kier molecular flexibility index (Phi) is 6.52. The molecule has 0 bridgehead atoms. The largest absolute Gasteiger partial charge is 0.688 e. The lowest BCUT2D eigenvalue weighted by Crippen LogP contribution is -2.41. The first kappa shape index (κ1) is 20.3. The maximum atomic E-state index is 12.7. The highest BCUT2D eigenvalue weighted by atomic mass is 35.5. The number of hydrogen-bond acceptors (Lipinski definition) is 5. The van der Waals surface area contributed by atoms with Crippen molar-refractivity contribution >= 4 is 27.9 Å². The van der Waals surface area contributed by atoms with Gasteiger partial charge in [0.25, 0.3) is 0 Å². The SMILES string of the molecule is CN(C)C1CCN(Cc2nc(-c3cc(Cl)ccc3OC(F)F)c([NH-])s2)CC1. The van der Waals surface area contributed by atoms with E-state index in [4.69, 9.17) is 17.3 Å². The van der Waals surface area contributed by atoms with Crippen molar-refractivity contribution in [1.82, 2.24) is 14.8 Å². The van der Waals surface area contributed by atoms with E-state index in [-0.39, 0.29) is 10.8 Å². The predicted molar refractivity (Wildman–Crippen MR) is 105 cm³/mol. The van der Waals surface area contributed by atoms with E-state index in [1.807, 2.05) is 0 Å². The van der Waals surface area contributed by atoms with Crippen molar-refractivity contribution in [2.45, 2.75) is 32.0 Å². The van der Waals surface area contributed by atoms with E-state index in [0.29, 0.717) is 28.9 Å². The fourth-order valence-corrected chi connectivity index (χ4v) is 4.33. The summed E-state index contributed by atoms with van der Waals surface area (Å²) >= 11 is 7.28. The summed E-state index contributed by atoms with van der Waals surface area (Å²) in [5.74, 6) is -0.0217. The average molecular weight is 416 g/mol. The molecule has 1 aromatic carbocycles. The van der Waals surface area contributed by atoms with E-state index in [1.165, 1.54) is 29.5 Å². The van der Waals surface area contributed by atoms with Gasteiger partial charge in [0.2, 0.25) is 0 Å². The van der Waals surface area contributed by atoms with Gasteiger partial charge in [-0.05, 0) is 45.1 Å². The van der Waals surface area contributed by atoms with Crippen LogP contribution in [-0.4, -0.2) is 54.6 Å². The summed E-state index contributed by atoms with van der Waals surface area (Å²) in [7, 11) is 4.20. The van der Waals surface area contributed by atoms with Crippen LogP contribution in [0.3, 0.4) is 0 Å². The molecule has 1 N–H and O–H groups in total. The monoisotopic (exact) mass is 415 g/mol. The Labute approximate surface area is 166 Å². The molecule has 2 aromatic rings. The molecule has 5 nitrogen and oxygen atoms in total. The van der Waals surface area contributed by atoms with Crippen molar-refractivity contribution in [3.63, 3.8) is 0 Å². The number of ether oxygens (including phenoxy) is 1. The Bertz CT molecular complexity index is 779. The molecule has 9 heteroatoms. The Morgan fingerprint density at radius 3 is 2.70 bits per heavy atom. The second kappa shape index (κ2) is 8.68. The standard InChI is InChI=1S/C18H22ClF2N4OS/c1-24(2)12-5-7-25(8-6-12)10-15-23-16(17(22)27-15)13-9-11(19)3-4-14(13)26-18(20)21/h3-4,9,12,18,22H,5-8,10H2,1-2H3/q-1. The van der Waals surface area contributed by atoms with Gasteiger partial charge < -0.3 is 15.4 Å². The zero-order chi connectivity index (χ0) is 19.6. The maximum absolute atomic E-state index is 12.7. The molecule has 0 radical (unpaired) electrons. The van der Waals surface area contributed by atoms with Crippen molar-refractivity contribution < 1.29 is 13.5 Å². The molecule has 27 heavy (non-hydrogen) atoms. The molecule has 1 aromatic heterocycles. The lowest BCUT2D eigenvalue weighted by molar-refractivity contribution is -0.0494. The molecule has 0 aliphatic carbocycles. The summed E-state index contributed by atoms with van der Waals surface area (Å²) in [5.41, 5.74) is 8.88. The molecule has 0 atom stereocenters. The first-order valence-electron chi connectivity index (χ1n) is 8.68. The number of thiazole rings is 1. The molecule has 1 fully saturated rings. The lowest BCUT2D eigenvalue weighted by Gasteiger charge is -2.34. The van der Waals surface area contributed by atoms with Gasteiger partial charge in [0.05, 0.1) is 12.2 Å². The molecule has 1 aliphatic heterocycles. The first-order chi connectivity index (χ1) is 12.8. The van der Waals surface area contributed by atoms with Crippen LogP contribution in [0.15, 0.2) is 18.2 Å². The highest BCUT2D eigenvalue weighted by Crippen LogP contribution is 2.41. The highest BCUT2D eigenvalue weighted by molar-refractivity contribution is 7.16. The average Bonchev–Trinajstić information content (AvgIpc) is 2.96. The number of nitrogens with zero attached hydrogens (tertiary/aromatic N) is 3. The molecule has 2 heterocycles. The summed E-state index contributed by atoms with van der Waals surface area (Å²) in [5, 5.41) is 1.39. The molecular weight excluding hydrogens is 394 g/mol. The molecule has 0 saturated carbocycles. The van der Waals surface area contributed by atoms with Crippen LogP contribution in [0.1, 0.15) is 17.8 Å². The zero-order valence-electron chi connectivity index (χ0n) is 15.2. The van der Waals surface area contributed by atoms with E-state index in [9.17, 15) is 8.78 Å². The number of likely N-dealkylation sites (tertiary alicyclic amines) is 1. The van der Waals surface area contributed by atoms with Crippen molar-refractivity contribution in [3.05, 3.63) is 34.0 Å². The molecule has 1 saturated heterocycles. The van der Waals surface area contributed by atoms with Crippen molar-refractivity contribution in [1.29, 1.82) is 0 Å². The normalized spacial score (nSPS) is 16.4. The number of rotatable bonds is 6. The first-order valence-corrected chi connectivity index (χ1v) is 9.87. The number of halogens is 3. The number of alkyl halides is 2. The Balaban J connectivity index is 1.77. The number of hydrogen-bond donors (Lipinski definition) is 0. The molecule has 1 aliphatic rings. The van der Waals surface area contributed by atoms with Crippen LogP contribution in [0.4, 0.5) is 13.8 Å². The summed E-state index contributed by atoms with van der Waals surface area (Å²) in [6.07, 6.45) is 2.19. The van der Waals surface area contributed by atoms with Crippen LogP contribution >= 0.6 is 22.9 Å². The van der Waals surface area contributed by atoms with E-state index in [1.54, 1.807) is 0 Å². The van der Waals surface area contributed by atoms with Gasteiger partial charge in [-0.15, -0.1) is 11.3 Å². The second-order valence-corrected chi connectivity index (χ2v) is 8.30. The summed E-state index contributed by atoms with van der Waals surface area (Å²) in [6, 6.07) is 4.97. The van der Waals surface area contributed by atoms with Crippen molar-refractivity contribution in [3.8, 4) is 17.0 Å². The smallest absolute Gasteiger partial charge is 0.387 e. The van der Waals surface area contributed by atoms with Crippen LogP contribution in [0.5, 0.6) is 5.75 Å². The Hall–Kier alpha value is -1.48. The van der Waals surface area contributed by atoms with Gasteiger partial charge in [-0.25, -0.2) is 4.98 Å². The number of piperidine rings is 1. The van der Waals surface area contributed by atoms with Crippen molar-refractivity contribution in [2.24, 2.45) is 0 Å². The molecule has 148 valence electrons. The topological polar surface area (TPSA) is 52.4 Å². The van der Waals surface area contributed by atoms with E-state index in [2.05, 4.69) is 33.6 Å². The van der Waals surface area contributed by atoms with Crippen LogP contribution < -0.4 is 4.74 Å². The van der Waals surface area contributed by atoms with Gasteiger partial charge >= 0.3 is 6.61 Å². The number of nitrogens with one attached hydrogen (secondary N) is 1. The fraction of sp³-hybridized carbons (Fsp3) is 0.500. The number of aromatic nitrogens is 1. The van der Waals surface area contributed by atoms with Gasteiger partial charge in [-0.3, -0.25) is 4.90 Å². The lowest BCUT2D eigenvalue weighted by atomic mass is 10.0. The molecule has 0 amide bonds. The highest BCUT2D eigenvalue weighted by Gasteiger charge is 2.22. The van der Waals surface area contributed by atoms with Crippen LogP contribution in [0.2, 0.25) is 5.02 Å². The van der Waals surface area contributed by atoms with Crippen LogP contribution in [-0.2, 0) is 6.54 Å². The van der Waals surface area contributed by atoms with Gasteiger partial charge in [-0.2, -0.15) is 8.78 Å². The minimum atomic E-state index is -2.95. The molecule has 3 rings (SSSR count). The molecule has 0 unspecified atom stereocenters. The van der Waals surface area contributed by atoms with Gasteiger partial charge in [0, 0.05) is 29.7 Å². The Morgan fingerprint density at radius 1 is 1.37 bits per heavy atom. The number of benzene rings is 1. The van der Waals surface area contributed by atoms with Gasteiger partial charge in [-0.1, -0.05) is 16.6 Å². The minimum absolute atomic E-state index is 0.0217. The quantitative estimate of drug-likeness (QED) is 0.644. The van der Waals surface area contributed by atoms with E-state index < -0.39 is 6.61 Å². The fourth-order valence-electron chi connectivity index (χ4n) is 3.29. The molecular formula is C18H22ClF2N4OS-. The van der Waals surface area contributed by atoms with E-state index >= 15 is 0 Å². The summed E-state index contributed by atoms with van der Waals surface area (Å²) in [4.78, 5) is 9.10. The summed E-state index contributed by atoms with van der Waals surface area (Å²) < 4.78 is 30.0. The maximum Gasteiger partial charge on any atom is 0.387 e. The van der Waals surface area contributed by atoms with Crippen LogP contribution in [0.25, 0.3) is 17.0 Å². The second-order valence-electron chi connectivity index (χ2n) is 6.78. The van der Waals surface area contributed by atoms with Crippen LogP contribution in [0, 0.1) is 0 Å². The van der Waals surface area contributed by atoms with E-state index in [0.717, 1.165) is 30.9 Å². The Morgan fingerprint density at radius 2 is 2.07 bits per heavy atom.